The SMILES string of the molecule is C/C=C/CCNC(=O)NC1(C(=O)O)CC1. The molecule has 5 heteroatoms. The van der Waals surface area contributed by atoms with Gasteiger partial charge < -0.3 is 15.7 Å². The topological polar surface area (TPSA) is 78.4 Å². The van der Waals surface area contributed by atoms with Gasteiger partial charge in [-0.3, -0.25) is 0 Å². The monoisotopic (exact) mass is 212 g/mol. The number of hydrogen-bond donors (Lipinski definition) is 3. The van der Waals surface area contributed by atoms with Gasteiger partial charge >= 0.3 is 12.0 Å². The van der Waals surface area contributed by atoms with E-state index >= 15 is 0 Å². The molecule has 0 unspecified atom stereocenters. The van der Waals surface area contributed by atoms with Crippen molar-refractivity contribution in [2.75, 3.05) is 6.54 Å². The van der Waals surface area contributed by atoms with Crippen molar-refractivity contribution in [2.45, 2.75) is 31.7 Å². The Morgan fingerprint density at radius 3 is 2.60 bits per heavy atom. The summed E-state index contributed by atoms with van der Waals surface area (Å²) < 4.78 is 0. The third-order valence-corrected chi connectivity index (χ3v) is 2.34. The first-order chi connectivity index (χ1) is 7.10. The smallest absolute Gasteiger partial charge is 0.329 e. The van der Waals surface area contributed by atoms with Crippen LogP contribution in [-0.4, -0.2) is 29.2 Å². The summed E-state index contributed by atoms with van der Waals surface area (Å²) in [6.07, 6.45) is 5.63. The van der Waals surface area contributed by atoms with Gasteiger partial charge in [0.05, 0.1) is 0 Å². The Bertz CT molecular complexity index is 282. The maximum atomic E-state index is 11.3. The van der Waals surface area contributed by atoms with Gasteiger partial charge in [0, 0.05) is 6.54 Å². The number of aliphatic carboxylic acids is 1. The van der Waals surface area contributed by atoms with Crippen molar-refractivity contribution in [3.05, 3.63) is 12.2 Å². The Labute approximate surface area is 88.5 Å². The van der Waals surface area contributed by atoms with Crippen molar-refractivity contribution >= 4 is 12.0 Å². The van der Waals surface area contributed by atoms with E-state index in [2.05, 4.69) is 10.6 Å². The number of carbonyl (C=O) groups excluding carboxylic acids is 1. The van der Waals surface area contributed by atoms with Crippen molar-refractivity contribution in [3.63, 3.8) is 0 Å². The van der Waals surface area contributed by atoms with Gasteiger partial charge in [-0.1, -0.05) is 12.2 Å². The molecular weight excluding hydrogens is 196 g/mol. The lowest BCUT2D eigenvalue weighted by Crippen LogP contribution is -2.48. The van der Waals surface area contributed by atoms with E-state index < -0.39 is 17.5 Å². The molecule has 0 spiro atoms. The van der Waals surface area contributed by atoms with Crippen LogP contribution in [0.4, 0.5) is 4.79 Å². The second kappa shape index (κ2) is 4.82. The molecule has 0 atom stereocenters. The molecule has 0 radical (unpaired) electrons. The minimum absolute atomic E-state index is 0.403. The van der Waals surface area contributed by atoms with Crippen molar-refractivity contribution in [2.24, 2.45) is 0 Å². The van der Waals surface area contributed by atoms with Crippen LogP contribution in [0.5, 0.6) is 0 Å². The zero-order valence-electron chi connectivity index (χ0n) is 8.75. The molecule has 5 nitrogen and oxygen atoms in total. The average molecular weight is 212 g/mol. The molecule has 0 heterocycles. The summed E-state index contributed by atoms with van der Waals surface area (Å²) in [5.74, 6) is -0.953. The molecule has 1 aliphatic carbocycles. The lowest BCUT2D eigenvalue weighted by molar-refractivity contribution is -0.140. The lowest BCUT2D eigenvalue weighted by Gasteiger charge is -2.12. The Kier molecular flexibility index (Phi) is 3.71. The first kappa shape index (κ1) is 11.6. The number of hydrogen-bond acceptors (Lipinski definition) is 2. The van der Waals surface area contributed by atoms with Crippen LogP contribution in [0, 0.1) is 0 Å². The van der Waals surface area contributed by atoms with Crippen molar-refractivity contribution < 1.29 is 14.7 Å². The van der Waals surface area contributed by atoms with Crippen LogP contribution in [-0.2, 0) is 4.79 Å². The van der Waals surface area contributed by atoms with Crippen LogP contribution in [0.3, 0.4) is 0 Å². The summed E-state index contributed by atoms with van der Waals surface area (Å²) >= 11 is 0. The molecule has 0 bridgehead atoms. The maximum absolute atomic E-state index is 11.3. The summed E-state index contributed by atoms with van der Waals surface area (Å²) in [5.41, 5.74) is -0.995. The molecule has 1 rings (SSSR count). The fourth-order valence-corrected chi connectivity index (χ4v) is 1.21. The maximum Gasteiger partial charge on any atom is 0.329 e. The third kappa shape index (κ3) is 3.27. The van der Waals surface area contributed by atoms with Gasteiger partial charge in [0.25, 0.3) is 0 Å². The minimum Gasteiger partial charge on any atom is -0.480 e. The zero-order valence-corrected chi connectivity index (χ0v) is 8.75. The van der Waals surface area contributed by atoms with Gasteiger partial charge in [-0.25, -0.2) is 9.59 Å². The fourth-order valence-electron chi connectivity index (χ4n) is 1.21. The highest BCUT2D eigenvalue weighted by Crippen LogP contribution is 2.35. The van der Waals surface area contributed by atoms with Crippen LogP contribution >= 0.6 is 0 Å². The molecule has 0 saturated heterocycles. The lowest BCUT2D eigenvalue weighted by atomic mass is 10.3. The highest BCUT2D eigenvalue weighted by molar-refractivity contribution is 5.88. The highest BCUT2D eigenvalue weighted by atomic mass is 16.4. The molecule has 0 aliphatic heterocycles. The van der Waals surface area contributed by atoms with Crippen LogP contribution in [0.2, 0.25) is 0 Å². The summed E-state index contributed by atoms with van der Waals surface area (Å²) in [4.78, 5) is 22.0. The summed E-state index contributed by atoms with van der Waals surface area (Å²) in [6, 6.07) is -0.403. The molecule has 1 saturated carbocycles. The normalized spacial score (nSPS) is 17.4. The first-order valence-corrected chi connectivity index (χ1v) is 5.01. The first-order valence-electron chi connectivity index (χ1n) is 5.01. The molecule has 15 heavy (non-hydrogen) atoms. The van der Waals surface area contributed by atoms with E-state index in [4.69, 9.17) is 5.11 Å². The molecule has 3 N–H and O–H groups in total. The predicted molar refractivity (Wildman–Crippen MR) is 55.6 cm³/mol. The van der Waals surface area contributed by atoms with E-state index in [-0.39, 0.29) is 0 Å². The minimum atomic E-state index is -0.995. The van der Waals surface area contributed by atoms with Crippen molar-refractivity contribution in [1.29, 1.82) is 0 Å². The quantitative estimate of drug-likeness (QED) is 0.467. The van der Waals surface area contributed by atoms with Gasteiger partial charge in [0.15, 0.2) is 0 Å². The van der Waals surface area contributed by atoms with E-state index in [1.54, 1.807) is 0 Å². The molecule has 1 aliphatic rings. The molecule has 0 aromatic heterocycles. The number of nitrogens with one attached hydrogen (secondary N) is 2. The Hall–Kier alpha value is -1.52. The van der Waals surface area contributed by atoms with E-state index in [9.17, 15) is 9.59 Å². The number of carboxylic acid groups (broad SMARTS) is 1. The van der Waals surface area contributed by atoms with Gasteiger partial charge in [0.2, 0.25) is 0 Å². The average Bonchev–Trinajstić information content (AvgIpc) is 2.93. The molecule has 1 fully saturated rings. The third-order valence-electron chi connectivity index (χ3n) is 2.34. The van der Waals surface area contributed by atoms with E-state index in [1.165, 1.54) is 0 Å². The van der Waals surface area contributed by atoms with Gasteiger partial charge in [-0.15, -0.1) is 0 Å². The number of amides is 2. The number of carbonyl (C=O) groups is 2. The summed E-state index contributed by atoms with van der Waals surface area (Å²) in [7, 11) is 0. The van der Waals surface area contributed by atoms with E-state index in [0.717, 1.165) is 6.42 Å². The van der Waals surface area contributed by atoms with Crippen LogP contribution in [0.1, 0.15) is 26.2 Å². The number of urea groups is 1. The van der Waals surface area contributed by atoms with Crippen LogP contribution in [0.25, 0.3) is 0 Å². The largest absolute Gasteiger partial charge is 0.480 e. The number of rotatable bonds is 5. The second-order valence-corrected chi connectivity index (χ2v) is 3.63. The van der Waals surface area contributed by atoms with Crippen molar-refractivity contribution in [3.8, 4) is 0 Å². The molecule has 0 aromatic rings. The van der Waals surface area contributed by atoms with E-state index in [1.807, 2.05) is 19.1 Å². The standard InChI is InChI=1S/C10H16N2O3/c1-2-3-4-7-11-9(15)12-10(5-6-10)8(13)14/h2-3H,4-7H2,1H3,(H,13,14)(H2,11,12,15)/b3-2+. The van der Waals surface area contributed by atoms with E-state index in [0.29, 0.717) is 19.4 Å². The van der Waals surface area contributed by atoms with Gasteiger partial charge in [0.1, 0.15) is 5.54 Å². The fraction of sp³-hybridized carbons (Fsp3) is 0.600. The second-order valence-electron chi connectivity index (χ2n) is 3.63. The zero-order chi connectivity index (χ0) is 11.3. The van der Waals surface area contributed by atoms with Crippen molar-refractivity contribution in [1.82, 2.24) is 10.6 Å². The van der Waals surface area contributed by atoms with Gasteiger partial charge in [-0.2, -0.15) is 0 Å². The van der Waals surface area contributed by atoms with Gasteiger partial charge in [-0.05, 0) is 26.2 Å². The Morgan fingerprint density at radius 2 is 2.13 bits per heavy atom. The summed E-state index contributed by atoms with van der Waals surface area (Å²) in [6.45, 7) is 2.43. The molecular formula is C10H16N2O3. The summed E-state index contributed by atoms with van der Waals surface area (Å²) in [5, 5.41) is 13.9. The van der Waals surface area contributed by atoms with Crippen LogP contribution in [0.15, 0.2) is 12.2 Å². The molecule has 0 aromatic carbocycles. The molecule has 84 valence electrons. The Morgan fingerprint density at radius 1 is 1.47 bits per heavy atom. The predicted octanol–water partition coefficient (Wildman–Crippen LogP) is 0.869. The molecule has 2 amide bonds. The van der Waals surface area contributed by atoms with Crippen LogP contribution < -0.4 is 10.6 Å². The number of allylic oxidation sites excluding steroid dienone is 1. The highest BCUT2D eigenvalue weighted by Gasteiger charge is 2.51. The Balaban J connectivity index is 2.22. The number of carboxylic acids is 1.